The first-order valence-electron chi connectivity index (χ1n) is 10.2. The lowest BCUT2D eigenvalue weighted by atomic mass is 10.1. The van der Waals surface area contributed by atoms with Crippen LogP contribution in [0.2, 0.25) is 0 Å². The van der Waals surface area contributed by atoms with Crippen LogP contribution in [-0.4, -0.2) is 22.1 Å². The minimum Gasteiger partial charge on any atom is -0.384 e. The van der Waals surface area contributed by atoms with Crippen LogP contribution in [0.3, 0.4) is 0 Å². The number of para-hydroxylation sites is 1. The van der Waals surface area contributed by atoms with Crippen LogP contribution in [0, 0.1) is 10.8 Å². The molecule has 0 atom stereocenters. The second-order valence-electron chi connectivity index (χ2n) is 7.58. The Labute approximate surface area is 185 Å². The van der Waals surface area contributed by atoms with E-state index in [2.05, 4.69) is 5.32 Å². The zero-order valence-electron chi connectivity index (χ0n) is 17.4. The lowest BCUT2D eigenvalue weighted by Crippen LogP contribution is -2.25. The molecule has 160 valence electrons. The van der Waals surface area contributed by atoms with Gasteiger partial charge in [-0.2, -0.15) is 0 Å². The monoisotopic (exact) mass is 424 g/mol. The summed E-state index contributed by atoms with van der Waals surface area (Å²) in [7, 11) is 0. The van der Waals surface area contributed by atoms with E-state index in [1.807, 2.05) is 65.2 Å². The van der Waals surface area contributed by atoms with Gasteiger partial charge < -0.3 is 21.4 Å². The van der Waals surface area contributed by atoms with Gasteiger partial charge in [-0.3, -0.25) is 15.6 Å². The fraction of sp³-hybridized carbons (Fsp3) is 0.0800. The van der Waals surface area contributed by atoms with Gasteiger partial charge in [-0.25, -0.2) is 0 Å². The molecule has 1 amide bonds. The number of rotatable bonds is 7. The largest absolute Gasteiger partial charge is 0.384 e. The number of carbonyl (C=O) groups excluding carboxylic acids is 1. The molecule has 0 aliphatic rings. The molecule has 0 bridgehead atoms. The van der Waals surface area contributed by atoms with E-state index >= 15 is 0 Å². The molecule has 0 aliphatic heterocycles. The number of amides is 1. The van der Waals surface area contributed by atoms with Crippen molar-refractivity contribution in [1.82, 2.24) is 9.88 Å². The highest BCUT2D eigenvalue weighted by atomic mass is 16.1. The van der Waals surface area contributed by atoms with Gasteiger partial charge in [-0.15, -0.1) is 0 Å². The van der Waals surface area contributed by atoms with Crippen molar-refractivity contribution in [1.29, 1.82) is 10.8 Å². The van der Waals surface area contributed by atoms with Crippen LogP contribution in [0.25, 0.3) is 10.9 Å². The Kier molecular flexibility index (Phi) is 5.72. The number of fused-ring (bicyclic) bond motifs is 1. The molecule has 3 aromatic carbocycles. The standard InChI is InChI=1S/C25H24N6O/c26-23(27)18-10-8-16(9-11-18)14-30-25(32)22-13-19-5-1-2-7-21(19)31(22)15-17-4-3-6-20(12-17)24(28)29/h1-13H,14-15H2,(H3,26,27)(H3,28,29)(H,30,32). The van der Waals surface area contributed by atoms with Crippen molar-refractivity contribution >= 4 is 28.5 Å². The average molecular weight is 425 g/mol. The van der Waals surface area contributed by atoms with Crippen LogP contribution in [0.5, 0.6) is 0 Å². The first-order chi connectivity index (χ1) is 15.4. The molecule has 0 unspecified atom stereocenters. The van der Waals surface area contributed by atoms with Gasteiger partial charge in [0.15, 0.2) is 0 Å². The number of hydrogen-bond acceptors (Lipinski definition) is 3. The van der Waals surface area contributed by atoms with Gasteiger partial charge in [-0.1, -0.05) is 60.7 Å². The van der Waals surface area contributed by atoms with Gasteiger partial charge in [0.1, 0.15) is 17.4 Å². The smallest absolute Gasteiger partial charge is 0.268 e. The summed E-state index contributed by atoms with van der Waals surface area (Å²) in [6.07, 6.45) is 0. The van der Waals surface area contributed by atoms with Gasteiger partial charge in [0.25, 0.3) is 5.91 Å². The van der Waals surface area contributed by atoms with Crippen LogP contribution in [-0.2, 0) is 13.1 Å². The van der Waals surface area contributed by atoms with E-state index in [1.54, 1.807) is 18.2 Å². The average Bonchev–Trinajstić information content (AvgIpc) is 3.16. The number of hydrogen-bond donors (Lipinski definition) is 5. The number of nitrogen functional groups attached to an aromatic ring is 2. The molecule has 4 aromatic rings. The van der Waals surface area contributed by atoms with Crippen molar-refractivity contribution in [2.24, 2.45) is 11.5 Å². The van der Waals surface area contributed by atoms with E-state index in [9.17, 15) is 4.79 Å². The molecule has 0 spiro atoms. The van der Waals surface area contributed by atoms with Gasteiger partial charge in [-0.05, 0) is 29.3 Å². The van der Waals surface area contributed by atoms with Gasteiger partial charge in [0.2, 0.25) is 0 Å². The zero-order chi connectivity index (χ0) is 22.7. The van der Waals surface area contributed by atoms with Crippen LogP contribution in [0.1, 0.15) is 32.7 Å². The van der Waals surface area contributed by atoms with Crippen molar-refractivity contribution in [3.05, 3.63) is 107 Å². The maximum absolute atomic E-state index is 13.1. The van der Waals surface area contributed by atoms with E-state index in [0.717, 1.165) is 22.0 Å². The number of benzene rings is 3. The van der Waals surface area contributed by atoms with Crippen molar-refractivity contribution < 1.29 is 4.79 Å². The van der Waals surface area contributed by atoms with Crippen molar-refractivity contribution in [2.75, 3.05) is 0 Å². The maximum atomic E-state index is 13.1. The molecular formula is C25H24N6O. The summed E-state index contributed by atoms with van der Waals surface area (Å²) in [5.74, 6) is -0.156. The van der Waals surface area contributed by atoms with Gasteiger partial charge in [0, 0.05) is 35.1 Å². The number of amidine groups is 2. The van der Waals surface area contributed by atoms with Crippen LogP contribution < -0.4 is 16.8 Å². The lowest BCUT2D eigenvalue weighted by Gasteiger charge is -2.12. The van der Waals surface area contributed by atoms with Gasteiger partial charge >= 0.3 is 0 Å². The molecule has 1 heterocycles. The summed E-state index contributed by atoms with van der Waals surface area (Å²) in [4.78, 5) is 13.1. The Hall–Kier alpha value is -4.39. The summed E-state index contributed by atoms with van der Waals surface area (Å²) >= 11 is 0. The molecule has 7 N–H and O–H groups in total. The number of aromatic nitrogens is 1. The van der Waals surface area contributed by atoms with E-state index in [1.165, 1.54) is 0 Å². The molecule has 1 aromatic heterocycles. The van der Waals surface area contributed by atoms with Crippen molar-refractivity contribution in [3.63, 3.8) is 0 Å². The normalized spacial score (nSPS) is 10.8. The first kappa shape index (κ1) is 20.9. The Morgan fingerprint density at radius 3 is 2.25 bits per heavy atom. The molecule has 0 saturated carbocycles. The highest BCUT2D eigenvalue weighted by Crippen LogP contribution is 2.22. The number of carbonyl (C=O) groups is 1. The molecule has 4 rings (SSSR count). The summed E-state index contributed by atoms with van der Waals surface area (Å²) in [6, 6.07) is 24.5. The fourth-order valence-electron chi connectivity index (χ4n) is 3.66. The molecule has 7 nitrogen and oxygen atoms in total. The Balaban J connectivity index is 1.60. The lowest BCUT2D eigenvalue weighted by molar-refractivity contribution is 0.0942. The van der Waals surface area contributed by atoms with Crippen LogP contribution >= 0.6 is 0 Å². The highest BCUT2D eigenvalue weighted by molar-refractivity contribution is 5.99. The third kappa shape index (κ3) is 4.37. The number of nitrogens with one attached hydrogen (secondary N) is 3. The fourth-order valence-corrected chi connectivity index (χ4v) is 3.66. The Bertz CT molecular complexity index is 1320. The minimum absolute atomic E-state index is 0.0120. The van der Waals surface area contributed by atoms with Crippen molar-refractivity contribution in [2.45, 2.75) is 13.1 Å². The summed E-state index contributed by atoms with van der Waals surface area (Å²) in [5.41, 5.74) is 15.8. The quantitative estimate of drug-likeness (QED) is 0.230. The molecular weight excluding hydrogens is 400 g/mol. The number of nitrogens with two attached hydrogens (primary N) is 2. The van der Waals surface area contributed by atoms with E-state index in [4.69, 9.17) is 22.3 Å². The van der Waals surface area contributed by atoms with Crippen LogP contribution in [0.4, 0.5) is 0 Å². The summed E-state index contributed by atoms with van der Waals surface area (Å²) in [5, 5.41) is 19.1. The highest BCUT2D eigenvalue weighted by Gasteiger charge is 2.16. The molecule has 0 radical (unpaired) electrons. The molecule has 32 heavy (non-hydrogen) atoms. The Morgan fingerprint density at radius 1 is 0.812 bits per heavy atom. The topological polar surface area (TPSA) is 134 Å². The van der Waals surface area contributed by atoms with Gasteiger partial charge in [0.05, 0.1) is 0 Å². The summed E-state index contributed by atoms with van der Waals surface area (Å²) < 4.78 is 1.97. The third-order valence-corrected chi connectivity index (χ3v) is 5.34. The predicted octanol–water partition coefficient (Wildman–Crippen LogP) is 3.19. The van der Waals surface area contributed by atoms with Crippen molar-refractivity contribution in [3.8, 4) is 0 Å². The molecule has 0 aliphatic carbocycles. The summed E-state index contributed by atoms with van der Waals surface area (Å²) in [6.45, 7) is 0.836. The zero-order valence-corrected chi connectivity index (χ0v) is 17.4. The van der Waals surface area contributed by atoms with E-state index in [-0.39, 0.29) is 17.6 Å². The SMILES string of the molecule is N=C(N)c1ccc(CNC(=O)c2cc3ccccc3n2Cc2cccc(C(=N)N)c2)cc1. The second kappa shape index (κ2) is 8.77. The predicted molar refractivity (Wildman–Crippen MR) is 127 cm³/mol. The third-order valence-electron chi connectivity index (χ3n) is 5.34. The number of nitrogens with zero attached hydrogens (tertiary/aromatic N) is 1. The molecule has 0 fully saturated rings. The maximum Gasteiger partial charge on any atom is 0.268 e. The minimum atomic E-state index is -0.181. The van der Waals surface area contributed by atoms with E-state index in [0.29, 0.717) is 29.9 Å². The Morgan fingerprint density at radius 2 is 1.53 bits per heavy atom. The van der Waals surface area contributed by atoms with Crippen LogP contribution in [0.15, 0.2) is 78.9 Å². The molecule has 7 heteroatoms. The molecule has 0 saturated heterocycles. The first-order valence-corrected chi connectivity index (χ1v) is 10.2. The second-order valence-corrected chi connectivity index (χ2v) is 7.58. The van der Waals surface area contributed by atoms with E-state index < -0.39 is 0 Å².